The monoisotopic (exact) mass is 320 g/mol. The van der Waals surface area contributed by atoms with Crippen LogP contribution < -0.4 is 5.32 Å². The first kappa shape index (κ1) is 16.9. The van der Waals surface area contributed by atoms with Crippen LogP contribution in [0.4, 0.5) is 0 Å². The van der Waals surface area contributed by atoms with Gasteiger partial charge in [0.2, 0.25) is 5.91 Å². The molecule has 1 fully saturated rings. The minimum Gasteiger partial charge on any atom is -0.476 e. The van der Waals surface area contributed by atoms with Crippen LogP contribution >= 0.6 is 0 Å². The zero-order valence-electron chi connectivity index (χ0n) is 13.2. The first-order valence-corrected chi connectivity index (χ1v) is 7.55. The number of carboxylic acid groups (broad SMARTS) is 1. The van der Waals surface area contributed by atoms with Crippen LogP contribution in [0.3, 0.4) is 0 Å². The van der Waals surface area contributed by atoms with Crippen LogP contribution in [0.25, 0.3) is 0 Å². The van der Waals surface area contributed by atoms with Crippen molar-refractivity contribution in [3.8, 4) is 0 Å². The summed E-state index contributed by atoms with van der Waals surface area (Å²) in [5.74, 6) is -1.92. The van der Waals surface area contributed by atoms with E-state index < -0.39 is 17.9 Å². The number of likely N-dealkylation sites (tertiary alicyclic amines) is 1. The van der Waals surface area contributed by atoms with Crippen molar-refractivity contribution in [3.63, 3.8) is 0 Å². The Morgan fingerprint density at radius 2 is 1.70 bits per heavy atom. The molecule has 2 amide bonds. The van der Waals surface area contributed by atoms with Crippen LogP contribution in [0.5, 0.6) is 0 Å². The minimum absolute atomic E-state index is 0.0186. The van der Waals surface area contributed by atoms with Crippen LogP contribution in [0.1, 0.15) is 47.7 Å². The number of amides is 2. The van der Waals surface area contributed by atoms with Crippen molar-refractivity contribution >= 4 is 17.8 Å². The molecule has 23 heavy (non-hydrogen) atoms. The molecular formula is C15H20N4O4. The highest BCUT2D eigenvalue weighted by Gasteiger charge is 2.30. The largest absolute Gasteiger partial charge is 0.476 e. The van der Waals surface area contributed by atoms with Gasteiger partial charge in [-0.15, -0.1) is 0 Å². The highest BCUT2D eigenvalue weighted by molar-refractivity contribution is 5.96. The molecule has 0 spiro atoms. The fraction of sp³-hybridized carbons (Fsp3) is 0.533. The molecule has 0 radical (unpaired) electrons. The second-order valence-electron chi connectivity index (χ2n) is 5.82. The van der Waals surface area contributed by atoms with E-state index in [4.69, 9.17) is 5.11 Å². The highest BCUT2D eigenvalue weighted by atomic mass is 16.4. The van der Waals surface area contributed by atoms with E-state index in [0.717, 1.165) is 25.2 Å². The molecule has 8 heteroatoms. The molecular weight excluding hydrogens is 300 g/mol. The summed E-state index contributed by atoms with van der Waals surface area (Å²) in [6.45, 7) is 5.15. The van der Waals surface area contributed by atoms with Gasteiger partial charge in [0.15, 0.2) is 5.69 Å². The Balaban J connectivity index is 2.08. The van der Waals surface area contributed by atoms with Gasteiger partial charge in [-0.2, -0.15) is 0 Å². The van der Waals surface area contributed by atoms with Crippen molar-refractivity contribution in [2.75, 3.05) is 13.1 Å². The van der Waals surface area contributed by atoms with Crippen molar-refractivity contribution in [2.24, 2.45) is 5.92 Å². The molecule has 1 aromatic rings. The molecule has 2 rings (SSSR count). The third kappa shape index (κ3) is 4.02. The second-order valence-corrected chi connectivity index (χ2v) is 5.82. The van der Waals surface area contributed by atoms with Gasteiger partial charge in [-0.25, -0.2) is 14.8 Å². The van der Waals surface area contributed by atoms with Gasteiger partial charge in [-0.3, -0.25) is 9.59 Å². The first-order chi connectivity index (χ1) is 10.9. The van der Waals surface area contributed by atoms with E-state index in [1.165, 1.54) is 0 Å². The maximum absolute atomic E-state index is 12.5. The van der Waals surface area contributed by atoms with Crippen LogP contribution in [-0.4, -0.2) is 56.9 Å². The molecule has 0 aromatic carbocycles. The summed E-state index contributed by atoms with van der Waals surface area (Å²) in [6, 6.07) is -0.637. The number of aromatic carboxylic acids is 1. The Bertz CT molecular complexity index is 594. The summed E-state index contributed by atoms with van der Waals surface area (Å²) >= 11 is 0. The summed E-state index contributed by atoms with van der Waals surface area (Å²) in [4.78, 5) is 44.7. The van der Waals surface area contributed by atoms with E-state index in [-0.39, 0.29) is 23.2 Å². The van der Waals surface area contributed by atoms with Gasteiger partial charge in [0.25, 0.3) is 5.91 Å². The van der Waals surface area contributed by atoms with E-state index in [2.05, 4.69) is 15.3 Å². The van der Waals surface area contributed by atoms with Crippen LogP contribution in [0.2, 0.25) is 0 Å². The lowest BCUT2D eigenvalue weighted by Crippen LogP contribution is -2.50. The lowest BCUT2D eigenvalue weighted by atomic mass is 10.0. The van der Waals surface area contributed by atoms with Crippen molar-refractivity contribution < 1.29 is 19.5 Å². The molecule has 124 valence electrons. The third-order valence-corrected chi connectivity index (χ3v) is 3.74. The first-order valence-electron chi connectivity index (χ1n) is 7.55. The number of nitrogens with zero attached hydrogens (tertiary/aromatic N) is 3. The predicted octanol–water partition coefficient (Wildman–Crippen LogP) is 0.552. The van der Waals surface area contributed by atoms with Crippen molar-refractivity contribution in [1.82, 2.24) is 20.2 Å². The van der Waals surface area contributed by atoms with Crippen molar-refractivity contribution in [1.29, 1.82) is 0 Å². The molecule has 2 N–H and O–H groups in total. The summed E-state index contributed by atoms with van der Waals surface area (Å²) in [7, 11) is 0. The number of hydrogen-bond donors (Lipinski definition) is 2. The smallest absolute Gasteiger partial charge is 0.356 e. The van der Waals surface area contributed by atoms with E-state index in [1.54, 1.807) is 4.90 Å². The molecule has 1 aliphatic rings. The van der Waals surface area contributed by atoms with E-state index in [0.29, 0.717) is 13.1 Å². The Hall–Kier alpha value is -2.51. The third-order valence-electron chi connectivity index (χ3n) is 3.74. The molecule has 1 saturated heterocycles. The zero-order valence-corrected chi connectivity index (χ0v) is 13.2. The summed E-state index contributed by atoms with van der Waals surface area (Å²) in [6.07, 6.45) is 4.07. The highest BCUT2D eigenvalue weighted by Crippen LogP contribution is 2.13. The number of carboxylic acids is 1. The standard InChI is InChI=1S/C15H20N4O4/c1-9(2)12(14(21)19-5-3-4-6-19)18-13(20)10-7-17-11(8-16-10)15(22)23/h7-9,12H,3-6H2,1-2H3,(H,18,20)(H,22,23)/t12-/m0/s1. The Morgan fingerprint density at radius 1 is 1.13 bits per heavy atom. The normalized spacial score (nSPS) is 15.5. The maximum Gasteiger partial charge on any atom is 0.356 e. The van der Waals surface area contributed by atoms with Gasteiger partial charge >= 0.3 is 5.97 Å². The predicted molar refractivity (Wildman–Crippen MR) is 80.9 cm³/mol. The number of carbonyl (C=O) groups excluding carboxylic acids is 2. The lowest BCUT2D eigenvalue weighted by Gasteiger charge is -2.26. The quantitative estimate of drug-likeness (QED) is 0.819. The van der Waals surface area contributed by atoms with Gasteiger partial charge < -0.3 is 15.3 Å². The SMILES string of the molecule is CC(C)[C@H](NC(=O)c1cnc(C(=O)O)cn1)C(=O)N1CCCC1. The molecule has 8 nitrogen and oxygen atoms in total. The van der Waals surface area contributed by atoms with Crippen molar-refractivity contribution in [2.45, 2.75) is 32.7 Å². The van der Waals surface area contributed by atoms with Crippen LogP contribution in [0, 0.1) is 5.92 Å². The second kappa shape index (κ2) is 7.17. The van der Waals surface area contributed by atoms with Gasteiger partial charge in [0.1, 0.15) is 11.7 Å². The summed E-state index contributed by atoms with van der Waals surface area (Å²) in [5, 5.41) is 11.5. The van der Waals surface area contributed by atoms with Gasteiger partial charge in [0, 0.05) is 13.1 Å². The fourth-order valence-corrected chi connectivity index (χ4v) is 2.42. The number of carbonyl (C=O) groups is 3. The molecule has 1 atom stereocenters. The Kier molecular flexibility index (Phi) is 5.25. The van der Waals surface area contributed by atoms with E-state index in [9.17, 15) is 14.4 Å². The summed E-state index contributed by atoms with van der Waals surface area (Å²) in [5.41, 5.74) is -0.259. The fourth-order valence-electron chi connectivity index (χ4n) is 2.42. The number of nitrogens with one attached hydrogen (secondary N) is 1. The maximum atomic E-state index is 12.5. The Morgan fingerprint density at radius 3 is 2.17 bits per heavy atom. The average molecular weight is 320 g/mol. The zero-order chi connectivity index (χ0) is 17.0. The average Bonchev–Trinajstić information content (AvgIpc) is 3.06. The molecule has 0 aliphatic carbocycles. The van der Waals surface area contributed by atoms with Crippen LogP contribution in [-0.2, 0) is 4.79 Å². The number of rotatable bonds is 5. The Labute approximate surface area is 133 Å². The molecule has 2 heterocycles. The number of hydrogen-bond acceptors (Lipinski definition) is 5. The van der Waals surface area contributed by atoms with Crippen LogP contribution in [0.15, 0.2) is 12.4 Å². The molecule has 0 saturated carbocycles. The molecule has 1 aromatic heterocycles. The topological polar surface area (TPSA) is 112 Å². The summed E-state index contributed by atoms with van der Waals surface area (Å²) < 4.78 is 0. The van der Waals surface area contributed by atoms with Gasteiger partial charge in [-0.1, -0.05) is 13.8 Å². The van der Waals surface area contributed by atoms with E-state index in [1.807, 2.05) is 13.8 Å². The lowest BCUT2D eigenvalue weighted by molar-refractivity contribution is -0.133. The number of aromatic nitrogens is 2. The minimum atomic E-state index is -1.21. The molecule has 1 aliphatic heterocycles. The van der Waals surface area contributed by atoms with E-state index >= 15 is 0 Å². The van der Waals surface area contributed by atoms with Gasteiger partial charge in [-0.05, 0) is 18.8 Å². The van der Waals surface area contributed by atoms with Crippen molar-refractivity contribution in [3.05, 3.63) is 23.8 Å². The molecule has 0 unspecified atom stereocenters. The molecule has 0 bridgehead atoms. The van der Waals surface area contributed by atoms with Gasteiger partial charge in [0.05, 0.1) is 12.4 Å².